The number of aromatic nitrogens is 1. The van der Waals surface area contributed by atoms with Gasteiger partial charge in [-0.15, -0.1) is 0 Å². The first kappa shape index (κ1) is 21.9. The molecule has 0 saturated heterocycles. The average molecular weight is 422 g/mol. The van der Waals surface area contributed by atoms with E-state index in [-0.39, 0.29) is 11.2 Å². The van der Waals surface area contributed by atoms with Crippen LogP contribution >= 0.6 is 12.2 Å². The summed E-state index contributed by atoms with van der Waals surface area (Å²) in [5.74, 6) is 0. The Bertz CT molecular complexity index is 760. The Morgan fingerprint density at radius 1 is 0.929 bits per heavy atom. The van der Waals surface area contributed by atoms with Crippen molar-refractivity contribution in [3.63, 3.8) is 0 Å². The average Bonchev–Trinajstić information content (AvgIpc) is 2.60. The molecule has 0 radical (unpaired) electrons. The van der Waals surface area contributed by atoms with Gasteiger partial charge < -0.3 is 16.0 Å². The predicted octanol–water partition coefficient (Wildman–Crippen LogP) is 4.20. The van der Waals surface area contributed by atoms with Crippen molar-refractivity contribution in [2.45, 2.75) is 18.9 Å². The van der Waals surface area contributed by atoms with Gasteiger partial charge in [-0.05, 0) is 42.5 Å². The molecule has 0 aliphatic carbocycles. The molecule has 0 aliphatic heterocycles. The summed E-state index contributed by atoms with van der Waals surface area (Å²) >= 11 is 4.93. The van der Waals surface area contributed by atoms with Crippen LogP contribution < -0.4 is 16.0 Å². The summed E-state index contributed by atoms with van der Waals surface area (Å²) in [6.45, 7) is 1.27. The van der Waals surface area contributed by atoms with Gasteiger partial charge >= 0.3 is 12.4 Å². The Labute approximate surface area is 162 Å². The van der Waals surface area contributed by atoms with Crippen molar-refractivity contribution in [1.82, 2.24) is 15.6 Å². The second-order valence-corrected chi connectivity index (χ2v) is 6.08. The van der Waals surface area contributed by atoms with E-state index in [9.17, 15) is 26.3 Å². The summed E-state index contributed by atoms with van der Waals surface area (Å²) in [6.07, 6.45) is -8.18. The molecule has 2 rings (SSSR count). The predicted molar refractivity (Wildman–Crippen MR) is 96.6 cm³/mol. The van der Waals surface area contributed by atoms with Crippen LogP contribution in [-0.4, -0.2) is 23.2 Å². The maximum absolute atomic E-state index is 12.8. The molecule has 0 fully saturated rings. The fourth-order valence-corrected chi connectivity index (χ4v) is 2.41. The molecule has 0 unspecified atom stereocenters. The number of thiocarbonyl (C=S) groups is 1. The molecular weight excluding hydrogens is 406 g/mol. The number of halogens is 6. The molecule has 1 heterocycles. The van der Waals surface area contributed by atoms with Gasteiger partial charge in [0.25, 0.3) is 0 Å². The van der Waals surface area contributed by atoms with Gasteiger partial charge in [-0.25, -0.2) is 0 Å². The Hall–Kier alpha value is -2.40. The lowest BCUT2D eigenvalue weighted by Gasteiger charge is -2.16. The van der Waals surface area contributed by atoms with Crippen LogP contribution in [0.5, 0.6) is 0 Å². The quantitative estimate of drug-likeness (QED) is 0.370. The van der Waals surface area contributed by atoms with Crippen molar-refractivity contribution in [2.75, 3.05) is 18.4 Å². The molecular formula is C17H16F6N4S. The number of rotatable bonds is 6. The Balaban J connectivity index is 1.90. The van der Waals surface area contributed by atoms with Gasteiger partial charge in [0.1, 0.15) is 0 Å². The SMILES string of the molecule is FC(F)(F)c1cc(NC(=S)NCCNCc2ccccn2)cc(C(F)(F)F)c1. The second kappa shape index (κ2) is 9.20. The number of hydrogen-bond donors (Lipinski definition) is 3. The Morgan fingerprint density at radius 3 is 2.11 bits per heavy atom. The minimum absolute atomic E-state index is 0.0587. The molecule has 152 valence electrons. The van der Waals surface area contributed by atoms with E-state index in [0.717, 1.165) is 5.69 Å². The maximum Gasteiger partial charge on any atom is 0.416 e. The van der Waals surface area contributed by atoms with E-state index in [1.807, 2.05) is 12.1 Å². The first-order valence-electron chi connectivity index (χ1n) is 8.00. The summed E-state index contributed by atoms with van der Waals surface area (Å²) in [5, 5.41) is 8.04. The van der Waals surface area contributed by atoms with Crippen molar-refractivity contribution >= 4 is 23.0 Å². The van der Waals surface area contributed by atoms with Crippen LogP contribution in [0.4, 0.5) is 32.0 Å². The summed E-state index contributed by atoms with van der Waals surface area (Å²) in [6, 6.07) is 6.66. The molecule has 1 aromatic carbocycles. The second-order valence-electron chi connectivity index (χ2n) is 5.67. The molecule has 4 nitrogen and oxygen atoms in total. The molecule has 0 amide bonds. The highest BCUT2D eigenvalue weighted by Crippen LogP contribution is 2.37. The third-order valence-electron chi connectivity index (χ3n) is 3.47. The Kier molecular flexibility index (Phi) is 7.19. The molecule has 3 N–H and O–H groups in total. The lowest BCUT2D eigenvalue weighted by atomic mass is 10.1. The van der Waals surface area contributed by atoms with Gasteiger partial charge in [-0.2, -0.15) is 26.3 Å². The van der Waals surface area contributed by atoms with Crippen LogP contribution in [0.1, 0.15) is 16.8 Å². The highest BCUT2D eigenvalue weighted by Gasteiger charge is 2.37. The standard InChI is InChI=1S/C17H16F6N4S/c18-16(19,20)11-7-12(17(21,22)23)9-14(8-11)27-15(28)26-6-5-24-10-13-3-1-2-4-25-13/h1-4,7-9,24H,5-6,10H2,(H2,26,27,28). The van der Waals surface area contributed by atoms with Crippen molar-refractivity contribution in [2.24, 2.45) is 0 Å². The molecule has 2 aromatic rings. The summed E-state index contributed by atoms with van der Waals surface area (Å²) in [5.41, 5.74) is -2.40. The zero-order chi connectivity index (χ0) is 20.8. The first-order chi connectivity index (χ1) is 13.1. The monoisotopic (exact) mass is 422 g/mol. The molecule has 0 atom stereocenters. The Morgan fingerprint density at radius 2 is 1.57 bits per heavy atom. The van der Waals surface area contributed by atoms with Crippen molar-refractivity contribution < 1.29 is 26.3 Å². The zero-order valence-electron chi connectivity index (χ0n) is 14.3. The number of benzene rings is 1. The minimum atomic E-state index is -4.91. The van der Waals surface area contributed by atoms with Crippen LogP contribution in [-0.2, 0) is 18.9 Å². The van der Waals surface area contributed by atoms with Crippen LogP contribution in [0.25, 0.3) is 0 Å². The van der Waals surface area contributed by atoms with E-state index in [2.05, 4.69) is 20.9 Å². The molecule has 0 aliphatic rings. The number of anilines is 1. The lowest BCUT2D eigenvalue weighted by Crippen LogP contribution is -2.34. The first-order valence-corrected chi connectivity index (χ1v) is 8.41. The number of hydrogen-bond acceptors (Lipinski definition) is 3. The van der Waals surface area contributed by atoms with E-state index in [1.54, 1.807) is 12.3 Å². The van der Waals surface area contributed by atoms with Crippen molar-refractivity contribution in [3.05, 3.63) is 59.4 Å². The van der Waals surface area contributed by atoms with E-state index in [0.29, 0.717) is 31.8 Å². The van der Waals surface area contributed by atoms with Crippen LogP contribution in [0.2, 0.25) is 0 Å². The van der Waals surface area contributed by atoms with E-state index in [1.165, 1.54) is 0 Å². The summed E-state index contributed by atoms with van der Waals surface area (Å²) in [4.78, 5) is 4.12. The molecule has 11 heteroatoms. The molecule has 0 spiro atoms. The summed E-state index contributed by atoms with van der Waals surface area (Å²) in [7, 11) is 0. The number of alkyl halides is 6. The third-order valence-corrected chi connectivity index (χ3v) is 3.71. The highest BCUT2D eigenvalue weighted by molar-refractivity contribution is 7.80. The van der Waals surface area contributed by atoms with Gasteiger partial charge in [0.2, 0.25) is 0 Å². The number of pyridine rings is 1. The largest absolute Gasteiger partial charge is 0.416 e. The van der Waals surface area contributed by atoms with Crippen LogP contribution in [0, 0.1) is 0 Å². The van der Waals surface area contributed by atoms with E-state index < -0.39 is 29.2 Å². The van der Waals surface area contributed by atoms with Gasteiger partial charge in [-0.3, -0.25) is 4.98 Å². The fourth-order valence-electron chi connectivity index (χ4n) is 2.19. The van der Waals surface area contributed by atoms with Crippen LogP contribution in [0.3, 0.4) is 0 Å². The third kappa shape index (κ3) is 6.97. The van der Waals surface area contributed by atoms with Gasteiger partial charge in [0, 0.05) is 31.5 Å². The smallest absolute Gasteiger partial charge is 0.361 e. The molecule has 28 heavy (non-hydrogen) atoms. The minimum Gasteiger partial charge on any atom is -0.361 e. The topological polar surface area (TPSA) is 49.0 Å². The summed E-state index contributed by atoms with van der Waals surface area (Å²) < 4.78 is 77.1. The van der Waals surface area contributed by atoms with Crippen LogP contribution in [0.15, 0.2) is 42.6 Å². The molecule has 0 bridgehead atoms. The lowest BCUT2D eigenvalue weighted by molar-refractivity contribution is -0.143. The highest BCUT2D eigenvalue weighted by atomic mass is 32.1. The van der Waals surface area contributed by atoms with Gasteiger partial charge in [-0.1, -0.05) is 6.07 Å². The van der Waals surface area contributed by atoms with Crippen molar-refractivity contribution in [3.8, 4) is 0 Å². The van der Waals surface area contributed by atoms with E-state index in [4.69, 9.17) is 12.2 Å². The maximum atomic E-state index is 12.8. The normalized spacial score (nSPS) is 11.9. The fraction of sp³-hybridized carbons (Fsp3) is 0.294. The number of nitrogens with zero attached hydrogens (tertiary/aromatic N) is 1. The molecule has 1 aromatic heterocycles. The van der Waals surface area contributed by atoms with Gasteiger partial charge in [0.05, 0.1) is 16.8 Å². The molecule has 0 saturated carbocycles. The van der Waals surface area contributed by atoms with Gasteiger partial charge in [0.15, 0.2) is 5.11 Å². The zero-order valence-corrected chi connectivity index (χ0v) is 15.1. The number of nitrogens with one attached hydrogen (secondary N) is 3. The van der Waals surface area contributed by atoms with Crippen molar-refractivity contribution in [1.29, 1.82) is 0 Å². The van der Waals surface area contributed by atoms with E-state index >= 15 is 0 Å².